The molecular formula is C39H38Cl2SiZr. The molecule has 216 valence electrons. The molecule has 4 heteroatoms. The first-order chi connectivity index (χ1) is 20.2. The summed E-state index contributed by atoms with van der Waals surface area (Å²) in [7, 11) is 0. The second-order valence-electron chi connectivity index (χ2n) is 12.1. The summed E-state index contributed by atoms with van der Waals surface area (Å²) in [6.45, 7) is 7.50. The van der Waals surface area contributed by atoms with Crippen molar-refractivity contribution in [3.05, 3.63) is 137 Å². The molecule has 0 saturated heterocycles. The van der Waals surface area contributed by atoms with Gasteiger partial charge in [-0.1, -0.05) is 0 Å². The van der Waals surface area contributed by atoms with Gasteiger partial charge in [0.05, 0.1) is 0 Å². The Morgan fingerprint density at radius 1 is 0.628 bits per heavy atom. The molecule has 0 aromatic heterocycles. The molecule has 7 rings (SSSR count). The third-order valence-electron chi connectivity index (χ3n) is 9.10. The van der Waals surface area contributed by atoms with Crippen LogP contribution in [0.4, 0.5) is 0 Å². The van der Waals surface area contributed by atoms with Gasteiger partial charge in [-0.3, -0.25) is 0 Å². The van der Waals surface area contributed by atoms with Gasteiger partial charge < -0.3 is 24.8 Å². The van der Waals surface area contributed by atoms with Gasteiger partial charge in [0.15, 0.2) is 0 Å². The van der Waals surface area contributed by atoms with Crippen molar-refractivity contribution < 1.29 is 47.2 Å². The molecule has 0 aliphatic heterocycles. The maximum Gasteiger partial charge on any atom is -1.00 e. The molecule has 43 heavy (non-hydrogen) atoms. The van der Waals surface area contributed by atoms with Crippen LogP contribution >= 0.6 is 0 Å². The fourth-order valence-corrected chi connectivity index (χ4v) is 17.3. The first kappa shape index (κ1) is 32.2. The van der Waals surface area contributed by atoms with Gasteiger partial charge >= 0.3 is 259 Å². The second-order valence-corrected chi connectivity index (χ2v) is 27.1. The minimum atomic E-state index is -0.619. The molecule has 2 aliphatic carbocycles. The third kappa shape index (κ3) is 5.82. The molecule has 0 amide bonds. The summed E-state index contributed by atoms with van der Waals surface area (Å²) in [5, 5.41) is 2.66. The second kappa shape index (κ2) is 13.8. The van der Waals surface area contributed by atoms with Crippen molar-refractivity contribution >= 4 is 22.8 Å². The molecule has 0 bridgehead atoms. The number of hydrogen-bond acceptors (Lipinski definition) is 0. The summed E-state index contributed by atoms with van der Waals surface area (Å²) in [6.07, 6.45) is 7.61. The first-order valence-electron chi connectivity index (χ1n) is 15.5. The van der Waals surface area contributed by atoms with E-state index in [1.807, 2.05) is 0 Å². The Labute approximate surface area is 282 Å². The number of fused-ring (bicyclic) bond motifs is 5. The van der Waals surface area contributed by atoms with Gasteiger partial charge in [0.25, 0.3) is 0 Å². The fourth-order valence-electron chi connectivity index (χ4n) is 7.37. The largest absolute Gasteiger partial charge is 1.00 e. The van der Waals surface area contributed by atoms with E-state index >= 15 is 0 Å². The molecule has 0 fully saturated rings. The van der Waals surface area contributed by atoms with Crippen LogP contribution in [-0.2, 0) is 22.4 Å². The van der Waals surface area contributed by atoms with E-state index in [0.717, 1.165) is 0 Å². The SMILES string of the molecule is CCCCCC1=Cc2c(-c3cccc4ccccc34)cccc2C1c1cccc2c1[CH]([Zr+2][SiH](C)C)c1ccccc1-2.[Cl-].[Cl-]. The Kier molecular flexibility index (Phi) is 10.3. The summed E-state index contributed by atoms with van der Waals surface area (Å²) in [4.78, 5) is 0. The van der Waals surface area contributed by atoms with Crippen LogP contribution in [0, 0.1) is 0 Å². The molecule has 5 aromatic carbocycles. The summed E-state index contributed by atoms with van der Waals surface area (Å²) in [5.41, 5.74) is 15.3. The van der Waals surface area contributed by atoms with Crippen molar-refractivity contribution in [2.45, 2.75) is 55.2 Å². The van der Waals surface area contributed by atoms with Crippen LogP contribution in [-0.4, -0.2) is 5.92 Å². The maximum atomic E-state index is 2.60. The van der Waals surface area contributed by atoms with Crippen LogP contribution in [0.2, 0.25) is 13.1 Å². The quantitative estimate of drug-likeness (QED) is 0.162. The van der Waals surface area contributed by atoms with E-state index in [1.165, 1.54) is 69.8 Å². The number of hydrogen-bond donors (Lipinski definition) is 0. The van der Waals surface area contributed by atoms with Crippen molar-refractivity contribution in [3.8, 4) is 22.3 Å². The Balaban J connectivity index is 0.00000184. The zero-order valence-corrected chi connectivity index (χ0v) is 30.3. The summed E-state index contributed by atoms with van der Waals surface area (Å²) in [6, 6.07) is 39.4. The number of benzene rings is 5. The molecule has 2 atom stereocenters. The van der Waals surface area contributed by atoms with Crippen LogP contribution < -0.4 is 24.8 Å². The van der Waals surface area contributed by atoms with E-state index in [-0.39, 0.29) is 24.8 Å². The van der Waals surface area contributed by atoms with Crippen molar-refractivity contribution in [2.75, 3.05) is 0 Å². The van der Waals surface area contributed by atoms with E-state index in [2.05, 4.69) is 129 Å². The zero-order chi connectivity index (χ0) is 27.9. The molecular weight excluding hydrogens is 659 g/mol. The fraction of sp³-hybridized carbons (Fsp3) is 0.231. The van der Waals surface area contributed by atoms with Gasteiger partial charge in [0, 0.05) is 0 Å². The number of rotatable bonds is 8. The van der Waals surface area contributed by atoms with Gasteiger partial charge in [0.1, 0.15) is 0 Å². The van der Waals surface area contributed by atoms with Crippen LogP contribution in [0.5, 0.6) is 0 Å². The Bertz CT molecular complexity index is 1780. The van der Waals surface area contributed by atoms with Crippen LogP contribution in [0.25, 0.3) is 39.1 Å². The van der Waals surface area contributed by atoms with Gasteiger partial charge in [-0.2, -0.15) is 0 Å². The van der Waals surface area contributed by atoms with E-state index in [0.29, 0.717) is 9.54 Å². The zero-order valence-electron chi connectivity index (χ0n) is 25.2. The monoisotopic (exact) mass is 694 g/mol. The molecule has 0 radical (unpaired) electrons. The van der Waals surface area contributed by atoms with Gasteiger partial charge in [-0.05, 0) is 0 Å². The minimum Gasteiger partial charge on any atom is -1.00 e. The first-order valence-corrected chi connectivity index (χ1v) is 24.0. The van der Waals surface area contributed by atoms with Crippen molar-refractivity contribution in [3.63, 3.8) is 0 Å². The van der Waals surface area contributed by atoms with E-state index in [4.69, 9.17) is 0 Å². The number of unbranched alkanes of at least 4 members (excludes halogenated alkanes) is 2. The maximum absolute atomic E-state index is 2.60. The topological polar surface area (TPSA) is 0 Å². The van der Waals surface area contributed by atoms with E-state index in [9.17, 15) is 0 Å². The van der Waals surface area contributed by atoms with Gasteiger partial charge in [-0.25, -0.2) is 0 Å². The predicted molar refractivity (Wildman–Crippen MR) is 176 cm³/mol. The normalized spacial score (nSPS) is 16.0. The van der Waals surface area contributed by atoms with E-state index < -0.39 is 28.3 Å². The molecule has 0 heterocycles. The molecule has 5 aromatic rings. The summed E-state index contributed by atoms with van der Waals surface area (Å²) in [5.74, 6) is -0.261. The average molecular weight is 697 g/mol. The van der Waals surface area contributed by atoms with Crippen molar-refractivity contribution in [2.24, 2.45) is 0 Å². The summed E-state index contributed by atoms with van der Waals surface area (Å²) < 4.78 is 0.690. The van der Waals surface area contributed by atoms with Crippen molar-refractivity contribution in [1.82, 2.24) is 0 Å². The smallest absolute Gasteiger partial charge is 1.00 e. The van der Waals surface area contributed by atoms with Crippen molar-refractivity contribution in [1.29, 1.82) is 0 Å². The predicted octanol–water partition coefficient (Wildman–Crippen LogP) is 4.76. The average Bonchev–Trinajstić information content (AvgIpc) is 3.52. The molecule has 0 nitrogen and oxygen atoms in total. The Morgan fingerprint density at radius 3 is 2.07 bits per heavy atom. The molecule has 0 spiro atoms. The third-order valence-corrected chi connectivity index (χ3v) is 18.9. The minimum absolute atomic E-state index is 0. The van der Waals surface area contributed by atoms with Gasteiger partial charge in [0.2, 0.25) is 0 Å². The number of halogens is 2. The molecule has 2 aliphatic rings. The Hall–Kier alpha value is -2.22. The number of allylic oxidation sites excluding steroid dienone is 1. The van der Waals surface area contributed by atoms with E-state index in [1.54, 1.807) is 22.3 Å². The van der Waals surface area contributed by atoms with Crippen LogP contribution in [0.15, 0.2) is 109 Å². The summed E-state index contributed by atoms with van der Waals surface area (Å²) >= 11 is -0.552. The molecule has 0 saturated carbocycles. The van der Waals surface area contributed by atoms with Crippen LogP contribution in [0.3, 0.4) is 0 Å². The van der Waals surface area contributed by atoms with Gasteiger partial charge in [-0.15, -0.1) is 0 Å². The van der Waals surface area contributed by atoms with Crippen LogP contribution in [0.1, 0.15) is 70.0 Å². The molecule has 0 N–H and O–H groups in total. The molecule has 2 unspecified atom stereocenters. The Morgan fingerprint density at radius 2 is 1.26 bits per heavy atom. The standard InChI is InChI=1S/C37H31.C2H7Si.2ClH.Zr/c1-2-3-4-14-27-24-36-32(30-18-9-15-25-12-5-7-16-28(25)30)20-11-22-34(36)37(27)33-21-10-19-31-29-17-8-6-13-26(29)23-35(31)33;1-3-2;;;/h5-13,15-24,37H,2-4,14H2,1H3;3H,1-2H3;2*1H;/q;;;;+2/p-2.